The van der Waals surface area contributed by atoms with Crippen LogP contribution in [0.15, 0.2) is 48.7 Å². The van der Waals surface area contributed by atoms with Gasteiger partial charge in [-0.05, 0) is 25.1 Å². The molecule has 0 spiro atoms. The molecule has 0 atom stereocenters. The highest BCUT2D eigenvalue weighted by Crippen LogP contribution is 2.23. The average molecular weight is 267 g/mol. The van der Waals surface area contributed by atoms with Gasteiger partial charge in [-0.15, -0.1) is 0 Å². The number of nitrogens with zero attached hydrogens (tertiary/aromatic N) is 2. The Morgan fingerprint density at radius 2 is 2.05 bits per heavy atom. The number of thiocarbonyl (C=S) groups is 1. The standard InChI is InChI=1S/C15H13N3S/c1-10-5-4-6-11(9-10)15-17-13(14(16)19)12-7-2-3-8-18(12)15/h2-9H,1H3,(H2,16,19). The van der Waals surface area contributed by atoms with E-state index in [2.05, 4.69) is 24.0 Å². The van der Waals surface area contributed by atoms with E-state index in [1.807, 2.05) is 40.9 Å². The molecule has 2 aromatic heterocycles. The fraction of sp³-hybridized carbons (Fsp3) is 0.0667. The van der Waals surface area contributed by atoms with E-state index in [4.69, 9.17) is 18.0 Å². The van der Waals surface area contributed by atoms with Gasteiger partial charge in [-0.3, -0.25) is 4.40 Å². The van der Waals surface area contributed by atoms with Crippen LogP contribution in [0.3, 0.4) is 0 Å². The minimum atomic E-state index is 0.322. The van der Waals surface area contributed by atoms with E-state index in [0.29, 0.717) is 10.7 Å². The molecule has 94 valence electrons. The van der Waals surface area contributed by atoms with E-state index < -0.39 is 0 Å². The molecule has 19 heavy (non-hydrogen) atoms. The smallest absolute Gasteiger partial charge is 0.145 e. The lowest BCUT2D eigenvalue weighted by atomic mass is 10.1. The maximum atomic E-state index is 5.76. The first kappa shape index (κ1) is 11.9. The normalized spacial score (nSPS) is 10.8. The summed E-state index contributed by atoms with van der Waals surface area (Å²) in [7, 11) is 0. The third-order valence-corrected chi connectivity index (χ3v) is 3.25. The SMILES string of the molecule is Cc1cccc(-c2nc(C(N)=S)c3ccccn23)c1. The number of hydrogen-bond donors (Lipinski definition) is 1. The van der Waals surface area contributed by atoms with Crippen molar-refractivity contribution in [1.82, 2.24) is 9.38 Å². The molecular weight excluding hydrogens is 254 g/mol. The molecule has 0 saturated heterocycles. The molecule has 2 heterocycles. The highest BCUT2D eigenvalue weighted by atomic mass is 32.1. The summed E-state index contributed by atoms with van der Waals surface area (Å²) in [5.74, 6) is 0.863. The van der Waals surface area contributed by atoms with Gasteiger partial charge < -0.3 is 5.73 Å². The molecule has 4 heteroatoms. The number of benzene rings is 1. The lowest BCUT2D eigenvalue weighted by Crippen LogP contribution is -2.10. The van der Waals surface area contributed by atoms with Gasteiger partial charge in [0, 0.05) is 11.8 Å². The second-order valence-corrected chi connectivity index (χ2v) is 4.91. The highest BCUT2D eigenvalue weighted by Gasteiger charge is 2.13. The quantitative estimate of drug-likeness (QED) is 0.726. The van der Waals surface area contributed by atoms with Crippen LogP contribution in [0.5, 0.6) is 0 Å². The Balaban J connectivity index is 2.33. The molecule has 0 aliphatic carbocycles. The summed E-state index contributed by atoms with van der Waals surface area (Å²) in [6.07, 6.45) is 1.97. The summed E-state index contributed by atoms with van der Waals surface area (Å²) in [5, 5.41) is 0. The summed E-state index contributed by atoms with van der Waals surface area (Å²) >= 11 is 5.08. The molecule has 0 amide bonds. The van der Waals surface area contributed by atoms with E-state index in [1.165, 1.54) is 5.56 Å². The predicted molar refractivity (Wildman–Crippen MR) is 81.3 cm³/mol. The van der Waals surface area contributed by atoms with Gasteiger partial charge in [0.25, 0.3) is 0 Å². The van der Waals surface area contributed by atoms with Crippen LogP contribution in [0.25, 0.3) is 16.9 Å². The van der Waals surface area contributed by atoms with Crippen molar-refractivity contribution in [2.24, 2.45) is 5.73 Å². The zero-order chi connectivity index (χ0) is 13.4. The summed E-state index contributed by atoms with van der Waals surface area (Å²) in [5.41, 5.74) is 9.62. The summed E-state index contributed by atoms with van der Waals surface area (Å²) in [6.45, 7) is 2.06. The number of pyridine rings is 1. The topological polar surface area (TPSA) is 43.3 Å². The predicted octanol–water partition coefficient (Wildman–Crippen LogP) is 2.94. The number of aromatic nitrogens is 2. The molecule has 0 aliphatic heterocycles. The molecular formula is C15H13N3S. The van der Waals surface area contributed by atoms with Crippen LogP contribution >= 0.6 is 12.2 Å². The largest absolute Gasteiger partial charge is 0.388 e. The van der Waals surface area contributed by atoms with Gasteiger partial charge in [0.15, 0.2) is 0 Å². The molecule has 0 bridgehead atoms. The summed E-state index contributed by atoms with van der Waals surface area (Å²) in [6, 6.07) is 14.1. The van der Waals surface area contributed by atoms with Gasteiger partial charge in [0.2, 0.25) is 0 Å². The minimum Gasteiger partial charge on any atom is -0.388 e. The monoisotopic (exact) mass is 267 g/mol. The van der Waals surface area contributed by atoms with Gasteiger partial charge in [0.1, 0.15) is 16.5 Å². The highest BCUT2D eigenvalue weighted by molar-refractivity contribution is 7.80. The van der Waals surface area contributed by atoms with Crippen LogP contribution in [0.2, 0.25) is 0 Å². The van der Waals surface area contributed by atoms with Crippen molar-refractivity contribution in [3.63, 3.8) is 0 Å². The first-order valence-corrected chi connectivity index (χ1v) is 6.41. The van der Waals surface area contributed by atoms with Gasteiger partial charge in [0.05, 0.1) is 5.52 Å². The molecule has 3 aromatic rings. The second-order valence-electron chi connectivity index (χ2n) is 4.47. The van der Waals surface area contributed by atoms with Gasteiger partial charge >= 0.3 is 0 Å². The number of hydrogen-bond acceptors (Lipinski definition) is 2. The van der Waals surface area contributed by atoms with E-state index in [9.17, 15) is 0 Å². The van der Waals surface area contributed by atoms with Crippen LogP contribution < -0.4 is 5.73 Å². The molecule has 3 nitrogen and oxygen atoms in total. The zero-order valence-electron chi connectivity index (χ0n) is 10.5. The van der Waals surface area contributed by atoms with Crippen LogP contribution in [0, 0.1) is 6.92 Å². The molecule has 0 saturated carbocycles. The Bertz CT molecular complexity index is 774. The Morgan fingerprint density at radius 3 is 2.79 bits per heavy atom. The van der Waals surface area contributed by atoms with Crippen molar-refractivity contribution in [3.05, 3.63) is 59.9 Å². The molecule has 0 radical (unpaired) electrons. The van der Waals surface area contributed by atoms with Gasteiger partial charge in [-0.2, -0.15) is 0 Å². The van der Waals surface area contributed by atoms with Crippen molar-refractivity contribution < 1.29 is 0 Å². The third-order valence-electron chi connectivity index (χ3n) is 3.06. The number of nitrogens with two attached hydrogens (primary N) is 1. The second kappa shape index (κ2) is 4.48. The summed E-state index contributed by atoms with van der Waals surface area (Å²) < 4.78 is 2.02. The van der Waals surface area contributed by atoms with E-state index in [0.717, 1.165) is 16.9 Å². The number of aryl methyl sites for hydroxylation is 1. The van der Waals surface area contributed by atoms with E-state index in [-0.39, 0.29) is 0 Å². The minimum absolute atomic E-state index is 0.322. The Kier molecular flexibility index (Phi) is 2.80. The first-order valence-electron chi connectivity index (χ1n) is 6.01. The van der Waals surface area contributed by atoms with Crippen LogP contribution in [0.4, 0.5) is 0 Å². The van der Waals surface area contributed by atoms with Gasteiger partial charge in [-0.25, -0.2) is 4.98 Å². The molecule has 1 aromatic carbocycles. The van der Waals surface area contributed by atoms with Crippen molar-refractivity contribution in [1.29, 1.82) is 0 Å². The maximum absolute atomic E-state index is 5.76. The molecule has 0 unspecified atom stereocenters. The number of imidazole rings is 1. The summed E-state index contributed by atoms with van der Waals surface area (Å²) in [4.78, 5) is 4.92. The van der Waals surface area contributed by atoms with Crippen LogP contribution in [-0.2, 0) is 0 Å². The fourth-order valence-corrected chi connectivity index (χ4v) is 2.36. The van der Waals surface area contributed by atoms with E-state index >= 15 is 0 Å². The third kappa shape index (κ3) is 2.00. The van der Waals surface area contributed by atoms with Crippen LogP contribution in [-0.4, -0.2) is 14.4 Å². The van der Waals surface area contributed by atoms with Crippen molar-refractivity contribution in [2.75, 3.05) is 0 Å². The van der Waals surface area contributed by atoms with Crippen molar-refractivity contribution in [2.45, 2.75) is 6.92 Å². The molecule has 2 N–H and O–H groups in total. The fourth-order valence-electron chi connectivity index (χ4n) is 2.21. The van der Waals surface area contributed by atoms with Crippen LogP contribution in [0.1, 0.15) is 11.3 Å². The molecule has 0 aliphatic rings. The number of fused-ring (bicyclic) bond motifs is 1. The average Bonchev–Trinajstić information content (AvgIpc) is 2.78. The zero-order valence-corrected chi connectivity index (χ0v) is 11.3. The Morgan fingerprint density at radius 1 is 1.21 bits per heavy atom. The van der Waals surface area contributed by atoms with Crippen molar-refractivity contribution >= 4 is 22.7 Å². The molecule has 0 fully saturated rings. The first-order chi connectivity index (χ1) is 9.16. The Labute approximate surface area is 116 Å². The molecule has 3 rings (SSSR count). The Hall–Kier alpha value is -2.20. The van der Waals surface area contributed by atoms with Crippen molar-refractivity contribution in [3.8, 4) is 11.4 Å². The number of rotatable bonds is 2. The van der Waals surface area contributed by atoms with Gasteiger partial charge in [-0.1, -0.05) is 42.0 Å². The maximum Gasteiger partial charge on any atom is 0.145 e. The lowest BCUT2D eigenvalue weighted by molar-refractivity contribution is 1.16. The lowest BCUT2D eigenvalue weighted by Gasteiger charge is -2.01. The van der Waals surface area contributed by atoms with E-state index in [1.54, 1.807) is 0 Å².